The molecule has 116 valence electrons. The molecule has 1 aliphatic carbocycles. The van der Waals surface area contributed by atoms with E-state index in [9.17, 15) is 9.90 Å². The maximum atomic E-state index is 11.2. The number of carbonyl (C=O) groups is 1. The third-order valence-corrected chi connectivity index (χ3v) is 4.68. The second-order valence-corrected chi connectivity index (χ2v) is 6.60. The van der Waals surface area contributed by atoms with Gasteiger partial charge < -0.3 is 10.4 Å². The van der Waals surface area contributed by atoms with Gasteiger partial charge in [-0.25, -0.2) is 0 Å². The summed E-state index contributed by atoms with van der Waals surface area (Å²) in [4.78, 5) is 11.2. The third kappa shape index (κ3) is 4.57. The zero-order valence-corrected chi connectivity index (χ0v) is 13.1. The van der Waals surface area contributed by atoms with Crippen molar-refractivity contribution in [3.05, 3.63) is 35.9 Å². The van der Waals surface area contributed by atoms with Crippen LogP contribution in [0.25, 0.3) is 0 Å². The van der Waals surface area contributed by atoms with Crippen molar-refractivity contribution in [2.24, 2.45) is 11.8 Å². The van der Waals surface area contributed by atoms with Gasteiger partial charge in [0.25, 0.3) is 0 Å². The van der Waals surface area contributed by atoms with E-state index in [4.69, 9.17) is 0 Å². The lowest BCUT2D eigenvalue weighted by molar-refractivity contribution is -0.140. The summed E-state index contributed by atoms with van der Waals surface area (Å²) in [5.74, 6) is 0.694. The molecule has 0 amide bonds. The highest BCUT2D eigenvalue weighted by atomic mass is 16.4. The van der Waals surface area contributed by atoms with Gasteiger partial charge in [-0.1, -0.05) is 44.2 Å². The zero-order chi connectivity index (χ0) is 15.2. The highest BCUT2D eigenvalue weighted by Crippen LogP contribution is 2.35. The van der Waals surface area contributed by atoms with Crippen LogP contribution in [0.4, 0.5) is 0 Å². The number of benzene rings is 1. The van der Waals surface area contributed by atoms with Crippen LogP contribution < -0.4 is 5.32 Å². The Balaban J connectivity index is 1.78. The van der Waals surface area contributed by atoms with Crippen LogP contribution in [-0.2, 0) is 4.79 Å². The van der Waals surface area contributed by atoms with Gasteiger partial charge in [-0.2, -0.15) is 0 Å². The normalized spacial score (nSPS) is 24.0. The number of hydrogen-bond acceptors (Lipinski definition) is 2. The largest absolute Gasteiger partial charge is 0.480 e. The topological polar surface area (TPSA) is 49.3 Å². The molecule has 1 aromatic carbocycles. The molecule has 0 saturated heterocycles. The van der Waals surface area contributed by atoms with E-state index in [0.717, 1.165) is 6.54 Å². The molecule has 1 fully saturated rings. The predicted molar refractivity (Wildman–Crippen MR) is 85.4 cm³/mol. The molecule has 21 heavy (non-hydrogen) atoms. The number of hydrogen-bond donors (Lipinski definition) is 2. The second-order valence-electron chi connectivity index (χ2n) is 6.60. The molecule has 3 nitrogen and oxygen atoms in total. The van der Waals surface area contributed by atoms with Gasteiger partial charge >= 0.3 is 5.97 Å². The molecule has 0 heterocycles. The van der Waals surface area contributed by atoms with Crippen molar-refractivity contribution in [3.63, 3.8) is 0 Å². The van der Waals surface area contributed by atoms with Crippen LogP contribution in [0.15, 0.2) is 30.3 Å². The van der Waals surface area contributed by atoms with E-state index in [1.807, 2.05) is 13.8 Å². The van der Waals surface area contributed by atoms with Gasteiger partial charge in [0.1, 0.15) is 6.04 Å². The molecule has 1 saturated carbocycles. The summed E-state index contributed by atoms with van der Waals surface area (Å²) >= 11 is 0. The Labute approximate surface area is 127 Å². The Morgan fingerprint density at radius 3 is 2.33 bits per heavy atom. The minimum atomic E-state index is -0.733. The standard InChI is InChI=1S/C18H27NO2/c1-13(2)17(18(20)21)19-12-14-8-10-16(11-9-14)15-6-4-3-5-7-15/h3-7,13-14,16-17,19H,8-12H2,1-2H3,(H,20,21)/t14?,16?,17-/m0/s1. The summed E-state index contributed by atoms with van der Waals surface area (Å²) in [6.45, 7) is 4.74. The third-order valence-electron chi connectivity index (χ3n) is 4.68. The van der Waals surface area contributed by atoms with Gasteiger partial charge in [-0.05, 0) is 55.5 Å². The summed E-state index contributed by atoms with van der Waals surface area (Å²) < 4.78 is 0. The highest BCUT2D eigenvalue weighted by molar-refractivity contribution is 5.73. The van der Waals surface area contributed by atoms with Crippen LogP contribution in [0, 0.1) is 11.8 Å². The van der Waals surface area contributed by atoms with Crippen LogP contribution in [-0.4, -0.2) is 23.7 Å². The maximum Gasteiger partial charge on any atom is 0.320 e. The molecule has 0 aromatic heterocycles. The molecule has 1 aromatic rings. The number of carboxylic acid groups (broad SMARTS) is 1. The molecule has 1 atom stereocenters. The van der Waals surface area contributed by atoms with Gasteiger partial charge in [0.05, 0.1) is 0 Å². The summed E-state index contributed by atoms with van der Waals surface area (Å²) in [7, 11) is 0. The van der Waals surface area contributed by atoms with Crippen molar-refractivity contribution in [1.82, 2.24) is 5.32 Å². The lowest BCUT2D eigenvalue weighted by atomic mass is 9.78. The van der Waals surface area contributed by atoms with E-state index in [1.165, 1.54) is 31.2 Å². The predicted octanol–water partition coefficient (Wildman–Crippen LogP) is 3.66. The van der Waals surface area contributed by atoms with Crippen molar-refractivity contribution >= 4 is 5.97 Å². The molecule has 0 radical (unpaired) electrons. The van der Waals surface area contributed by atoms with Crippen molar-refractivity contribution in [2.45, 2.75) is 51.5 Å². The Morgan fingerprint density at radius 1 is 1.19 bits per heavy atom. The minimum absolute atomic E-state index is 0.128. The average molecular weight is 289 g/mol. The quantitative estimate of drug-likeness (QED) is 0.840. The van der Waals surface area contributed by atoms with E-state index >= 15 is 0 Å². The first-order chi connectivity index (χ1) is 10.1. The molecule has 0 unspecified atom stereocenters. The summed E-state index contributed by atoms with van der Waals surface area (Å²) in [5.41, 5.74) is 1.45. The first kappa shape index (κ1) is 16.0. The first-order valence-corrected chi connectivity index (χ1v) is 8.09. The molecule has 0 bridgehead atoms. The second kappa shape index (κ2) is 7.60. The van der Waals surface area contributed by atoms with Crippen LogP contribution >= 0.6 is 0 Å². The summed E-state index contributed by atoms with van der Waals surface area (Å²) in [5, 5.41) is 12.4. The number of aliphatic carboxylic acids is 1. The van der Waals surface area contributed by atoms with Gasteiger partial charge in [0.2, 0.25) is 0 Å². The van der Waals surface area contributed by atoms with Gasteiger partial charge in [0, 0.05) is 0 Å². The molecule has 3 heteroatoms. The van der Waals surface area contributed by atoms with Gasteiger partial charge in [-0.15, -0.1) is 0 Å². The molecular formula is C18H27NO2. The average Bonchev–Trinajstić information content (AvgIpc) is 2.48. The smallest absolute Gasteiger partial charge is 0.320 e. The van der Waals surface area contributed by atoms with Crippen molar-refractivity contribution in [2.75, 3.05) is 6.54 Å². The monoisotopic (exact) mass is 289 g/mol. The lowest BCUT2D eigenvalue weighted by Gasteiger charge is -2.30. The van der Waals surface area contributed by atoms with E-state index in [1.54, 1.807) is 0 Å². The van der Waals surface area contributed by atoms with E-state index < -0.39 is 12.0 Å². The van der Waals surface area contributed by atoms with Crippen molar-refractivity contribution < 1.29 is 9.90 Å². The molecular weight excluding hydrogens is 262 g/mol. The van der Waals surface area contributed by atoms with Gasteiger partial charge in [0.15, 0.2) is 0 Å². The van der Waals surface area contributed by atoms with E-state index in [-0.39, 0.29) is 5.92 Å². The Hall–Kier alpha value is -1.35. The minimum Gasteiger partial charge on any atom is -0.480 e. The van der Waals surface area contributed by atoms with Crippen molar-refractivity contribution in [3.8, 4) is 0 Å². The number of rotatable bonds is 6. The van der Waals surface area contributed by atoms with Crippen LogP contribution in [0.1, 0.15) is 51.0 Å². The SMILES string of the molecule is CC(C)[C@H](NCC1CCC(c2ccccc2)CC1)C(=O)O. The summed E-state index contributed by atoms with van der Waals surface area (Å²) in [6.07, 6.45) is 4.82. The van der Waals surface area contributed by atoms with Crippen LogP contribution in [0.3, 0.4) is 0 Å². The Bertz CT molecular complexity index is 436. The Morgan fingerprint density at radius 2 is 1.81 bits per heavy atom. The van der Waals surface area contributed by atoms with Gasteiger partial charge in [-0.3, -0.25) is 4.79 Å². The first-order valence-electron chi connectivity index (χ1n) is 8.09. The van der Waals surface area contributed by atoms with Crippen molar-refractivity contribution in [1.29, 1.82) is 0 Å². The molecule has 1 aliphatic rings. The van der Waals surface area contributed by atoms with E-state index in [0.29, 0.717) is 11.8 Å². The fraction of sp³-hybridized carbons (Fsp3) is 0.611. The highest BCUT2D eigenvalue weighted by Gasteiger charge is 2.25. The molecule has 2 N–H and O–H groups in total. The van der Waals surface area contributed by atoms with Crippen LogP contribution in [0.5, 0.6) is 0 Å². The molecule has 0 spiro atoms. The Kier molecular flexibility index (Phi) is 5.80. The molecule has 0 aliphatic heterocycles. The number of carboxylic acids is 1. The zero-order valence-electron chi connectivity index (χ0n) is 13.1. The molecule has 2 rings (SSSR count). The summed E-state index contributed by atoms with van der Waals surface area (Å²) in [6, 6.07) is 10.3. The van der Waals surface area contributed by atoms with E-state index in [2.05, 4.69) is 35.6 Å². The van der Waals surface area contributed by atoms with Crippen LogP contribution in [0.2, 0.25) is 0 Å². The fourth-order valence-electron chi connectivity index (χ4n) is 3.33. The maximum absolute atomic E-state index is 11.2. The number of nitrogens with one attached hydrogen (secondary N) is 1. The fourth-order valence-corrected chi connectivity index (χ4v) is 3.33. The lowest BCUT2D eigenvalue weighted by Crippen LogP contribution is -2.43.